The summed E-state index contributed by atoms with van der Waals surface area (Å²) in [5, 5.41) is 2.63. The van der Waals surface area contributed by atoms with Crippen molar-refractivity contribution in [3.05, 3.63) is 34.9 Å². The minimum atomic E-state index is -0.178. The first-order chi connectivity index (χ1) is 8.71. The number of amides is 1. The molecule has 0 spiro atoms. The summed E-state index contributed by atoms with van der Waals surface area (Å²) < 4.78 is 0. The summed E-state index contributed by atoms with van der Waals surface area (Å²) in [5.74, 6) is 5.89. The lowest BCUT2D eigenvalue weighted by molar-refractivity contribution is -0.119. The van der Waals surface area contributed by atoms with Crippen molar-refractivity contribution < 1.29 is 4.79 Å². The molecule has 3 nitrogen and oxygen atoms in total. The van der Waals surface area contributed by atoms with Crippen molar-refractivity contribution in [1.82, 2.24) is 5.32 Å². The molecule has 0 saturated heterocycles. The van der Waals surface area contributed by atoms with Crippen molar-refractivity contribution in [2.24, 2.45) is 5.73 Å². The van der Waals surface area contributed by atoms with Crippen LogP contribution in [0.3, 0.4) is 0 Å². The van der Waals surface area contributed by atoms with Gasteiger partial charge in [-0.15, -0.1) is 0 Å². The third-order valence-electron chi connectivity index (χ3n) is 2.75. The molecule has 1 aromatic carbocycles. The predicted molar refractivity (Wildman–Crippen MR) is 74.1 cm³/mol. The van der Waals surface area contributed by atoms with Gasteiger partial charge in [0.05, 0.1) is 13.1 Å². The summed E-state index contributed by atoms with van der Waals surface area (Å²) in [5.41, 5.74) is 8.76. The van der Waals surface area contributed by atoms with Gasteiger partial charge in [-0.25, -0.2) is 0 Å². The maximum absolute atomic E-state index is 10.9. The van der Waals surface area contributed by atoms with Crippen molar-refractivity contribution in [1.29, 1.82) is 0 Å². The summed E-state index contributed by atoms with van der Waals surface area (Å²) in [6.07, 6.45) is 1.96. The van der Waals surface area contributed by atoms with Gasteiger partial charge in [-0.3, -0.25) is 4.79 Å². The van der Waals surface area contributed by atoms with Gasteiger partial charge in [-0.05, 0) is 30.0 Å². The smallest absolute Gasteiger partial charge is 0.234 e. The van der Waals surface area contributed by atoms with E-state index in [0.717, 1.165) is 18.4 Å². The third kappa shape index (κ3) is 4.23. The van der Waals surface area contributed by atoms with Crippen molar-refractivity contribution in [2.75, 3.05) is 13.1 Å². The fourth-order valence-electron chi connectivity index (χ4n) is 1.62. The van der Waals surface area contributed by atoms with Crippen LogP contribution in [0.15, 0.2) is 18.2 Å². The molecule has 1 rings (SSSR count). The second-order valence-corrected chi connectivity index (χ2v) is 3.98. The van der Waals surface area contributed by atoms with Crippen LogP contribution in [0, 0.1) is 11.8 Å². The quantitative estimate of drug-likeness (QED) is 0.783. The van der Waals surface area contributed by atoms with Gasteiger partial charge in [0.2, 0.25) is 5.91 Å². The number of benzene rings is 1. The SMILES string of the molecule is CCc1ccc(CC)c(C#CCNC(=O)CN)c1. The van der Waals surface area contributed by atoms with Crippen LogP contribution >= 0.6 is 0 Å². The highest BCUT2D eigenvalue weighted by Crippen LogP contribution is 2.12. The first-order valence-electron chi connectivity index (χ1n) is 6.28. The van der Waals surface area contributed by atoms with Crippen LogP contribution in [-0.2, 0) is 17.6 Å². The Morgan fingerprint density at radius 3 is 2.72 bits per heavy atom. The van der Waals surface area contributed by atoms with Gasteiger partial charge in [0.1, 0.15) is 0 Å². The van der Waals surface area contributed by atoms with Gasteiger partial charge in [-0.2, -0.15) is 0 Å². The topological polar surface area (TPSA) is 55.1 Å². The van der Waals surface area contributed by atoms with Gasteiger partial charge in [0.15, 0.2) is 0 Å². The second kappa shape index (κ2) is 7.52. The lowest BCUT2D eigenvalue weighted by Gasteiger charge is -2.04. The van der Waals surface area contributed by atoms with E-state index in [0.29, 0.717) is 6.54 Å². The molecule has 0 aromatic heterocycles. The highest BCUT2D eigenvalue weighted by Gasteiger charge is 1.99. The Morgan fingerprint density at radius 2 is 2.11 bits per heavy atom. The molecule has 0 unspecified atom stereocenters. The maximum Gasteiger partial charge on any atom is 0.234 e. The highest BCUT2D eigenvalue weighted by molar-refractivity contribution is 5.77. The standard InChI is InChI=1S/C15H20N2O/c1-3-12-7-8-13(4-2)14(10-12)6-5-9-17-15(18)11-16/h7-8,10H,3-4,9,11,16H2,1-2H3,(H,17,18). The average molecular weight is 244 g/mol. The number of aryl methyl sites for hydroxylation is 2. The number of nitrogens with two attached hydrogens (primary N) is 1. The highest BCUT2D eigenvalue weighted by atomic mass is 16.1. The van der Waals surface area contributed by atoms with Crippen molar-refractivity contribution in [3.63, 3.8) is 0 Å². The minimum absolute atomic E-state index is 0.00715. The van der Waals surface area contributed by atoms with E-state index >= 15 is 0 Å². The second-order valence-electron chi connectivity index (χ2n) is 3.98. The summed E-state index contributed by atoms with van der Waals surface area (Å²) in [4.78, 5) is 10.9. The Morgan fingerprint density at radius 1 is 1.33 bits per heavy atom. The van der Waals surface area contributed by atoms with E-state index in [9.17, 15) is 4.79 Å². The van der Waals surface area contributed by atoms with Gasteiger partial charge < -0.3 is 11.1 Å². The van der Waals surface area contributed by atoms with E-state index in [-0.39, 0.29) is 12.5 Å². The van der Waals surface area contributed by atoms with Gasteiger partial charge in [-0.1, -0.05) is 37.8 Å². The molecule has 3 heteroatoms. The van der Waals surface area contributed by atoms with Gasteiger partial charge in [0.25, 0.3) is 0 Å². The monoisotopic (exact) mass is 244 g/mol. The maximum atomic E-state index is 10.9. The molecule has 0 atom stereocenters. The van der Waals surface area contributed by atoms with E-state index in [1.165, 1.54) is 11.1 Å². The zero-order valence-corrected chi connectivity index (χ0v) is 11.0. The molecule has 1 amide bonds. The van der Waals surface area contributed by atoms with E-state index in [2.05, 4.69) is 49.2 Å². The molecule has 0 fully saturated rings. The number of nitrogens with one attached hydrogen (secondary N) is 1. The van der Waals surface area contributed by atoms with Crippen molar-refractivity contribution in [2.45, 2.75) is 26.7 Å². The van der Waals surface area contributed by atoms with Crippen LogP contribution in [0.25, 0.3) is 0 Å². The molecule has 0 heterocycles. The van der Waals surface area contributed by atoms with Crippen LogP contribution in [0.5, 0.6) is 0 Å². The zero-order chi connectivity index (χ0) is 13.4. The fraction of sp³-hybridized carbons (Fsp3) is 0.400. The minimum Gasteiger partial charge on any atom is -0.344 e. The van der Waals surface area contributed by atoms with Crippen LogP contribution in [0.2, 0.25) is 0 Å². The molecule has 3 N–H and O–H groups in total. The molecule has 0 saturated carbocycles. The number of carbonyl (C=O) groups excluding carboxylic acids is 1. The van der Waals surface area contributed by atoms with Crippen molar-refractivity contribution in [3.8, 4) is 11.8 Å². The van der Waals surface area contributed by atoms with E-state index in [1.807, 2.05) is 0 Å². The number of hydrogen-bond acceptors (Lipinski definition) is 2. The Kier molecular flexibility index (Phi) is 5.96. The summed E-state index contributed by atoms with van der Waals surface area (Å²) >= 11 is 0. The molecule has 0 aliphatic heterocycles. The molecule has 0 bridgehead atoms. The Hall–Kier alpha value is -1.79. The Bertz CT molecular complexity index is 469. The fourth-order valence-corrected chi connectivity index (χ4v) is 1.62. The molecule has 0 aliphatic rings. The molecule has 0 radical (unpaired) electrons. The molecular weight excluding hydrogens is 224 g/mol. The molecule has 18 heavy (non-hydrogen) atoms. The third-order valence-corrected chi connectivity index (χ3v) is 2.75. The van der Waals surface area contributed by atoms with E-state index in [4.69, 9.17) is 5.73 Å². The first-order valence-corrected chi connectivity index (χ1v) is 6.28. The van der Waals surface area contributed by atoms with E-state index < -0.39 is 0 Å². The Labute approximate surface area is 109 Å². The van der Waals surface area contributed by atoms with Gasteiger partial charge in [0, 0.05) is 5.56 Å². The first kappa shape index (κ1) is 14.3. The summed E-state index contributed by atoms with van der Waals surface area (Å²) in [6, 6.07) is 6.39. The van der Waals surface area contributed by atoms with Crippen LogP contribution < -0.4 is 11.1 Å². The number of rotatable bonds is 4. The molecule has 1 aromatic rings. The van der Waals surface area contributed by atoms with Crippen molar-refractivity contribution >= 4 is 5.91 Å². The summed E-state index contributed by atoms with van der Waals surface area (Å²) in [7, 11) is 0. The predicted octanol–water partition coefficient (Wildman–Crippen LogP) is 1.24. The zero-order valence-electron chi connectivity index (χ0n) is 11.0. The van der Waals surface area contributed by atoms with Gasteiger partial charge >= 0.3 is 0 Å². The van der Waals surface area contributed by atoms with Crippen LogP contribution in [-0.4, -0.2) is 19.0 Å². The Balaban J connectivity index is 2.76. The average Bonchev–Trinajstić information content (AvgIpc) is 2.42. The lowest BCUT2D eigenvalue weighted by atomic mass is 10.0. The van der Waals surface area contributed by atoms with Crippen LogP contribution in [0.4, 0.5) is 0 Å². The van der Waals surface area contributed by atoms with E-state index in [1.54, 1.807) is 0 Å². The summed E-state index contributed by atoms with van der Waals surface area (Å²) in [6.45, 7) is 4.59. The lowest BCUT2D eigenvalue weighted by Crippen LogP contribution is -2.30. The normalized spacial score (nSPS) is 9.50. The number of carbonyl (C=O) groups is 1. The number of hydrogen-bond donors (Lipinski definition) is 2. The molecule has 0 aliphatic carbocycles. The molecular formula is C15H20N2O. The largest absolute Gasteiger partial charge is 0.344 e. The van der Waals surface area contributed by atoms with Crippen LogP contribution in [0.1, 0.15) is 30.5 Å². The molecule has 96 valence electrons.